The summed E-state index contributed by atoms with van der Waals surface area (Å²) < 4.78 is 2.17. The number of hydrogen-bond acceptors (Lipinski definition) is 1. The van der Waals surface area contributed by atoms with E-state index in [0.717, 1.165) is 12.5 Å². The molecule has 0 aliphatic heterocycles. The zero-order chi connectivity index (χ0) is 8.23. The summed E-state index contributed by atoms with van der Waals surface area (Å²) in [6.45, 7) is 1.15. The molecule has 1 aromatic rings. The fraction of sp³-hybridized carbons (Fsp3) is 0.700. The van der Waals surface area contributed by atoms with Crippen molar-refractivity contribution in [3.8, 4) is 0 Å². The van der Waals surface area contributed by atoms with Gasteiger partial charge in [-0.2, -0.15) is 0 Å². The zero-order valence-corrected chi connectivity index (χ0v) is 7.45. The van der Waals surface area contributed by atoms with Crippen molar-refractivity contribution < 1.29 is 0 Å². The smallest absolute Gasteiger partial charge is 0.0945 e. The Morgan fingerprint density at radius 2 is 2.33 bits per heavy atom. The maximum absolute atomic E-state index is 4.02. The standard InChI is InChI=1S/C10H16N2/c1-3-10(4-1)5-2-7-12-8-6-11-9-12/h6,8-10H,1-5,7H2. The topological polar surface area (TPSA) is 17.8 Å². The van der Waals surface area contributed by atoms with Crippen LogP contribution in [0.2, 0.25) is 0 Å². The van der Waals surface area contributed by atoms with Gasteiger partial charge in [-0.15, -0.1) is 0 Å². The summed E-state index contributed by atoms with van der Waals surface area (Å²) in [6, 6.07) is 0. The van der Waals surface area contributed by atoms with Crippen molar-refractivity contribution in [2.45, 2.75) is 38.6 Å². The number of imidazole rings is 1. The van der Waals surface area contributed by atoms with E-state index in [-0.39, 0.29) is 0 Å². The van der Waals surface area contributed by atoms with Gasteiger partial charge in [0.25, 0.3) is 0 Å². The van der Waals surface area contributed by atoms with Crippen molar-refractivity contribution in [3.63, 3.8) is 0 Å². The molecule has 1 heterocycles. The van der Waals surface area contributed by atoms with Gasteiger partial charge in [-0.3, -0.25) is 0 Å². The van der Waals surface area contributed by atoms with E-state index in [4.69, 9.17) is 0 Å². The minimum Gasteiger partial charge on any atom is -0.337 e. The maximum atomic E-state index is 4.02. The van der Waals surface area contributed by atoms with E-state index >= 15 is 0 Å². The fourth-order valence-corrected chi connectivity index (χ4v) is 1.76. The second-order valence-electron chi connectivity index (χ2n) is 3.74. The van der Waals surface area contributed by atoms with Crippen LogP contribution in [0.15, 0.2) is 18.7 Å². The van der Waals surface area contributed by atoms with Crippen LogP contribution in [-0.4, -0.2) is 9.55 Å². The molecule has 0 atom stereocenters. The third-order valence-electron chi connectivity index (χ3n) is 2.81. The van der Waals surface area contributed by atoms with Crippen LogP contribution in [-0.2, 0) is 6.54 Å². The summed E-state index contributed by atoms with van der Waals surface area (Å²) >= 11 is 0. The molecule has 0 N–H and O–H groups in total. The molecule has 1 aromatic heterocycles. The highest BCUT2D eigenvalue weighted by atomic mass is 15.0. The van der Waals surface area contributed by atoms with Crippen LogP contribution >= 0.6 is 0 Å². The second kappa shape index (κ2) is 3.74. The van der Waals surface area contributed by atoms with Crippen LogP contribution in [0.4, 0.5) is 0 Å². The molecule has 0 bridgehead atoms. The highest BCUT2D eigenvalue weighted by Gasteiger charge is 2.16. The number of rotatable bonds is 4. The minimum atomic E-state index is 1.05. The molecule has 0 aromatic carbocycles. The van der Waals surface area contributed by atoms with E-state index < -0.39 is 0 Å². The van der Waals surface area contributed by atoms with Crippen molar-refractivity contribution in [2.75, 3.05) is 0 Å². The normalized spacial score (nSPS) is 17.7. The molecule has 2 nitrogen and oxygen atoms in total. The van der Waals surface area contributed by atoms with E-state index in [1.54, 1.807) is 0 Å². The summed E-state index contributed by atoms with van der Waals surface area (Å²) in [6.07, 6.45) is 13.0. The molecule has 66 valence electrons. The summed E-state index contributed by atoms with van der Waals surface area (Å²) in [4.78, 5) is 4.02. The summed E-state index contributed by atoms with van der Waals surface area (Å²) in [5.74, 6) is 1.05. The lowest BCUT2D eigenvalue weighted by atomic mass is 9.82. The van der Waals surface area contributed by atoms with Crippen LogP contribution in [0, 0.1) is 5.92 Å². The average molecular weight is 164 g/mol. The predicted octanol–water partition coefficient (Wildman–Crippen LogP) is 2.46. The summed E-state index contributed by atoms with van der Waals surface area (Å²) in [5, 5.41) is 0. The van der Waals surface area contributed by atoms with Gasteiger partial charge in [0.1, 0.15) is 0 Å². The molecule has 12 heavy (non-hydrogen) atoms. The van der Waals surface area contributed by atoms with Crippen molar-refractivity contribution >= 4 is 0 Å². The molecule has 0 unspecified atom stereocenters. The molecule has 1 fully saturated rings. The van der Waals surface area contributed by atoms with Crippen molar-refractivity contribution in [1.82, 2.24) is 9.55 Å². The Balaban J connectivity index is 1.62. The number of nitrogens with zero attached hydrogens (tertiary/aromatic N) is 2. The molecule has 0 spiro atoms. The van der Waals surface area contributed by atoms with Gasteiger partial charge in [0.15, 0.2) is 0 Å². The van der Waals surface area contributed by atoms with E-state index in [9.17, 15) is 0 Å². The first-order chi connectivity index (χ1) is 5.95. The summed E-state index contributed by atoms with van der Waals surface area (Å²) in [5.41, 5.74) is 0. The van der Waals surface area contributed by atoms with Crippen LogP contribution in [0.3, 0.4) is 0 Å². The largest absolute Gasteiger partial charge is 0.337 e. The van der Waals surface area contributed by atoms with Gasteiger partial charge in [-0.1, -0.05) is 19.3 Å². The van der Waals surface area contributed by atoms with E-state index in [2.05, 4.69) is 9.55 Å². The monoisotopic (exact) mass is 164 g/mol. The molecule has 1 aliphatic rings. The second-order valence-corrected chi connectivity index (χ2v) is 3.74. The van der Waals surface area contributed by atoms with Crippen molar-refractivity contribution in [1.29, 1.82) is 0 Å². The Morgan fingerprint density at radius 3 is 2.92 bits per heavy atom. The number of aromatic nitrogens is 2. The Morgan fingerprint density at radius 1 is 1.42 bits per heavy atom. The van der Waals surface area contributed by atoms with Gasteiger partial charge < -0.3 is 4.57 Å². The van der Waals surface area contributed by atoms with Gasteiger partial charge in [0, 0.05) is 18.9 Å². The lowest BCUT2D eigenvalue weighted by Gasteiger charge is -2.24. The highest BCUT2D eigenvalue weighted by Crippen LogP contribution is 2.30. The summed E-state index contributed by atoms with van der Waals surface area (Å²) in [7, 11) is 0. The van der Waals surface area contributed by atoms with Gasteiger partial charge in [-0.05, 0) is 18.8 Å². The Hall–Kier alpha value is -0.790. The predicted molar refractivity (Wildman–Crippen MR) is 48.8 cm³/mol. The lowest BCUT2D eigenvalue weighted by molar-refractivity contribution is 0.284. The molecule has 2 heteroatoms. The molecule has 2 rings (SSSR count). The van der Waals surface area contributed by atoms with Gasteiger partial charge in [0.05, 0.1) is 6.33 Å². The van der Waals surface area contributed by atoms with E-state index in [0.29, 0.717) is 0 Å². The molecule has 0 amide bonds. The van der Waals surface area contributed by atoms with Crippen LogP contribution in [0.5, 0.6) is 0 Å². The third-order valence-corrected chi connectivity index (χ3v) is 2.81. The van der Waals surface area contributed by atoms with Crippen molar-refractivity contribution in [3.05, 3.63) is 18.7 Å². The molecule has 1 aliphatic carbocycles. The molecular formula is C10H16N2. The molecular weight excluding hydrogens is 148 g/mol. The zero-order valence-electron chi connectivity index (χ0n) is 7.45. The maximum Gasteiger partial charge on any atom is 0.0945 e. The first-order valence-electron chi connectivity index (χ1n) is 4.91. The van der Waals surface area contributed by atoms with Gasteiger partial charge in [0.2, 0.25) is 0 Å². The van der Waals surface area contributed by atoms with Crippen molar-refractivity contribution in [2.24, 2.45) is 5.92 Å². The van der Waals surface area contributed by atoms with Crippen LogP contribution < -0.4 is 0 Å². The third kappa shape index (κ3) is 1.87. The van der Waals surface area contributed by atoms with Gasteiger partial charge >= 0.3 is 0 Å². The Kier molecular flexibility index (Phi) is 2.45. The number of hydrogen-bond donors (Lipinski definition) is 0. The molecule has 0 radical (unpaired) electrons. The number of aryl methyl sites for hydroxylation is 1. The SMILES string of the molecule is c1cn(CCCC2CCC2)cn1. The highest BCUT2D eigenvalue weighted by molar-refractivity contribution is 4.75. The Labute approximate surface area is 73.6 Å². The first-order valence-corrected chi connectivity index (χ1v) is 4.91. The lowest BCUT2D eigenvalue weighted by Crippen LogP contribution is -2.11. The van der Waals surface area contributed by atoms with Crippen LogP contribution in [0.25, 0.3) is 0 Å². The molecule has 1 saturated carbocycles. The fourth-order valence-electron chi connectivity index (χ4n) is 1.76. The average Bonchev–Trinajstić information content (AvgIpc) is 2.46. The van der Waals surface area contributed by atoms with Crippen LogP contribution in [0.1, 0.15) is 32.1 Å². The quantitative estimate of drug-likeness (QED) is 0.668. The van der Waals surface area contributed by atoms with Gasteiger partial charge in [-0.25, -0.2) is 4.98 Å². The first kappa shape index (κ1) is 7.84. The van der Waals surface area contributed by atoms with E-state index in [1.807, 2.05) is 18.7 Å². The molecule has 0 saturated heterocycles. The van der Waals surface area contributed by atoms with E-state index in [1.165, 1.54) is 32.1 Å². The Bertz CT molecular complexity index is 212. The minimum absolute atomic E-state index is 1.05.